The molecule has 27 heavy (non-hydrogen) atoms. The Bertz CT molecular complexity index is 1040. The number of hydrogen-bond donors (Lipinski definition) is 0. The monoisotopic (exact) mass is 360 g/mol. The van der Waals surface area contributed by atoms with Crippen LogP contribution in [0.2, 0.25) is 0 Å². The van der Waals surface area contributed by atoms with Gasteiger partial charge in [0.2, 0.25) is 0 Å². The summed E-state index contributed by atoms with van der Waals surface area (Å²) < 4.78 is 13.8. The van der Waals surface area contributed by atoms with Crippen molar-refractivity contribution < 1.29 is 9.47 Å². The number of rotatable bonds is 8. The molecule has 4 nitrogen and oxygen atoms in total. The summed E-state index contributed by atoms with van der Waals surface area (Å²) in [6, 6.07) is 22.7. The number of aryl methyl sites for hydroxylation is 1. The zero-order valence-corrected chi connectivity index (χ0v) is 15.6. The van der Waals surface area contributed by atoms with E-state index < -0.39 is 0 Å². The predicted octanol–water partition coefficient (Wildman–Crippen LogP) is 5.20. The third-order valence-corrected chi connectivity index (χ3v) is 4.70. The van der Waals surface area contributed by atoms with E-state index in [4.69, 9.17) is 14.5 Å². The van der Waals surface area contributed by atoms with Gasteiger partial charge in [-0.3, -0.25) is 0 Å². The summed E-state index contributed by atoms with van der Waals surface area (Å²) in [7, 11) is 0. The molecule has 0 N–H and O–H groups in total. The molecular weight excluding hydrogens is 336 g/mol. The van der Waals surface area contributed by atoms with Crippen LogP contribution in [0.25, 0.3) is 21.8 Å². The van der Waals surface area contributed by atoms with E-state index in [1.165, 1.54) is 10.8 Å². The smallest absolute Gasteiger partial charge is 0.147 e. The van der Waals surface area contributed by atoms with Crippen LogP contribution in [-0.2, 0) is 17.9 Å². The van der Waals surface area contributed by atoms with Crippen LogP contribution in [0.3, 0.4) is 0 Å². The predicted molar refractivity (Wildman–Crippen MR) is 109 cm³/mol. The van der Waals surface area contributed by atoms with Crippen molar-refractivity contribution in [1.29, 1.82) is 0 Å². The summed E-state index contributed by atoms with van der Waals surface area (Å²) in [5, 5.41) is 2.40. The van der Waals surface area contributed by atoms with Crippen LogP contribution >= 0.6 is 0 Å². The summed E-state index contributed by atoms with van der Waals surface area (Å²) in [5.41, 5.74) is 2.15. The average molecular weight is 360 g/mol. The molecule has 0 saturated heterocycles. The highest BCUT2D eigenvalue weighted by atomic mass is 16.5. The Morgan fingerprint density at radius 3 is 2.63 bits per heavy atom. The summed E-state index contributed by atoms with van der Waals surface area (Å²) in [6.45, 7) is 4.85. The maximum Gasteiger partial charge on any atom is 0.147 e. The fourth-order valence-corrected chi connectivity index (χ4v) is 3.36. The van der Waals surface area contributed by atoms with E-state index in [0.29, 0.717) is 6.61 Å². The minimum atomic E-state index is 0.446. The van der Waals surface area contributed by atoms with Crippen molar-refractivity contribution in [3.05, 3.63) is 72.6 Å². The lowest BCUT2D eigenvalue weighted by Crippen LogP contribution is -2.09. The van der Waals surface area contributed by atoms with Crippen molar-refractivity contribution in [2.24, 2.45) is 0 Å². The molecule has 0 fully saturated rings. The lowest BCUT2D eigenvalue weighted by molar-refractivity contribution is 0.141. The fraction of sp³-hybridized carbons (Fsp3) is 0.261. The lowest BCUT2D eigenvalue weighted by Gasteiger charge is -2.11. The molecule has 1 aromatic heterocycles. The first-order valence-corrected chi connectivity index (χ1v) is 9.48. The second-order valence-corrected chi connectivity index (χ2v) is 6.52. The highest BCUT2D eigenvalue weighted by molar-refractivity contribution is 5.83. The summed E-state index contributed by atoms with van der Waals surface area (Å²) in [6.07, 6.45) is 0.956. The zero-order valence-electron chi connectivity index (χ0n) is 15.6. The Kier molecular flexibility index (Phi) is 5.35. The van der Waals surface area contributed by atoms with E-state index in [1.54, 1.807) is 0 Å². The van der Waals surface area contributed by atoms with Crippen molar-refractivity contribution in [3.8, 4) is 5.75 Å². The van der Waals surface area contributed by atoms with Crippen molar-refractivity contribution in [2.45, 2.75) is 26.5 Å². The second-order valence-electron chi connectivity index (χ2n) is 6.52. The fourth-order valence-electron chi connectivity index (χ4n) is 3.36. The van der Waals surface area contributed by atoms with Crippen molar-refractivity contribution in [3.63, 3.8) is 0 Å². The van der Waals surface area contributed by atoms with E-state index in [0.717, 1.165) is 48.8 Å². The first kappa shape index (κ1) is 17.6. The number of nitrogens with zero attached hydrogens (tertiary/aromatic N) is 2. The van der Waals surface area contributed by atoms with Crippen molar-refractivity contribution >= 4 is 21.8 Å². The molecule has 1 heterocycles. The quantitative estimate of drug-likeness (QED) is 0.406. The van der Waals surface area contributed by atoms with Gasteiger partial charge in [-0.1, -0.05) is 42.5 Å². The molecule has 4 aromatic rings. The van der Waals surface area contributed by atoms with Crippen molar-refractivity contribution in [1.82, 2.24) is 9.55 Å². The number of fused-ring (bicyclic) bond motifs is 2. The van der Waals surface area contributed by atoms with Crippen LogP contribution in [0.4, 0.5) is 0 Å². The maximum absolute atomic E-state index is 6.08. The number of para-hydroxylation sites is 2. The maximum atomic E-state index is 6.08. The Labute approximate surface area is 159 Å². The van der Waals surface area contributed by atoms with E-state index >= 15 is 0 Å². The molecule has 0 spiro atoms. The first-order valence-electron chi connectivity index (χ1n) is 9.48. The second kappa shape index (κ2) is 8.23. The van der Waals surface area contributed by atoms with Crippen LogP contribution in [0.15, 0.2) is 66.7 Å². The molecule has 138 valence electrons. The van der Waals surface area contributed by atoms with Crippen LogP contribution < -0.4 is 4.74 Å². The molecule has 0 aliphatic heterocycles. The minimum Gasteiger partial charge on any atom is -0.486 e. The standard InChI is InChI=1S/C23H24N2O2/c1-2-26-15-7-14-25-22-11-6-5-10-21(22)24-23(25)17-27-20-13-12-18-8-3-4-9-19(18)16-20/h3-6,8-13,16H,2,7,14-15,17H2,1H3. The number of benzene rings is 3. The summed E-state index contributed by atoms with van der Waals surface area (Å²) in [4.78, 5) is 4.79. The van der Waals surface area contributed by atoms with Crippen LogP contribution in [0.1, 0.15) is 19.2 Å². The molecule has 0 aliphatic carbocycles. The number of imidazole rings is 1. The molecule has 0 radical (unpaired) electrons. The van der Waals surface area contributed by atoms with E-state index in [1.807, 2.05) is 37.3 Å². The molecule has 0 bridgehead atoms. The van der Waals surface area contributed by atoms with Crippen LogP contribution in [-0.4, -0.2) is 22.8 Å². The third-order valence-electron chi connectivity index (χ3n) is 4.70. The van der Waals surface area contributed by atoms with Gasteiger partial charge in [-0.15, -0.1) is 0 Å². The SMILES string of the molecule is CCOCCCn1c(COc2ccc3ccccc3c2)nc2ccccc21. The van der Waals surface area contributed by atoms with Gasteiger partial charge in [0.15, 0.2) is 0 Å². The molecule has 0 atom stereocenters. The highest BCUT2D eigenvalue weighted by Crippen LogP contribution is 2.22. The molecule has 4 rings (SSSR count). The van der Waals surface area contributed by atoms with Gasteiger partial charge < -0.3 is 14.0 Å². The first-order chi connectivity index (χ1) is 13.3. The Morgan fingerprint density at radius 1 is 0.926 bits per heavy atom. The van der Waals surface area contributed by atoms with Gasteiger partial charge >= 0.3 is 0 Å². The highest BCUT2D eigenvalue weighted by Gasteiger charge is 2.11. The number of ether oxygens (including phenoxy) is 2. The van der Waals surface area contributed by atoms with Gasteiger partial charge in [0, 0.05) is 19.8 Å². The normalized spacial score (nSPS) is 11.3. The van der Waals surface area contributed by atoms with Crippen LogP contribution in [0, 0.1) is 0 Å². The van der Waals surface area contributed by atoms with E-state index in [-0.39, 0.29) is 0 Å². The topological polar surface area (TPSA) is 36.3 Å². The number of hydrogen-bond acceptors (Lipinski definition) is 3. The Hall–Kier alpha value is -2.85. The van der Waals surface area contributed by atoms with Crippen molar-refractivity contribution in [2.75, 3.05) is 13.2 Å². The third kappa shape index (κ3) is 3.96. The van der Waals surface area contributed by atoms with Gasteiger partial charge in [0.05, 0.1) is 11.0 Å². The van der Waals surface area contributed by atoms with Gasteiger partial charge in [-0.25, -0.2) is 4.98 Å². The molecular formula is C23H24N2O2. The Morgan fingerprint density at radius 2 is 1.74 bits per heavy atom. The molecule has 4 heteroatoms. The number of aromatic nitrogens is 2. The average Bonchev–Trinajstić information content (AvgIpc) is 3.07. The molecule has 0 unspecified atom stereocenters. The van der Waals surface area contributed by atoms with Gasteiger partial charge in [0.1, 0.15) is 18.2 Å². The Balaban J connectivity index is 1.54. The van der Waals surface area contributed by atoms with Gasteiger partial charge in [0.25, 0.3) is 0 Å². The van der Waals surface area contributed by atoms with Gasteiger partial charge in [-0.05, 0) is 48.4 Å². The molecule has 0 aliphatic rings. The molecule has 0 amide bonds. The molecule has 0 saturated carbocycles. The van der Waals surface area contributed by atoms with E-state index in [9.17, 15) is 0 Å². The molecule has 3 aromatic carbocycles. The lowest BCUT2D eigenvalue weighted by atomic mass is 10.1. The van der Waals surface area contributed by atoms with E-state index in [2.05, 4.69) is 41.0 Å². The van der Waals surface area contributed by atoms with Crippen LogP contribution in [0.5, 0.6) is 5.75 Å². The summed E-state index contributed by atoms with van der Waals surface area (Å²) in [5.74, 6) is 1.81. The van der Waals surface area contributed by atoms with Gasteiger partial charge in [-0.2, -0.15) is 0 Å². The zero-order chi connectivity index (χ0) is 18.5. The largest absolute Gasteiger partial charge is 0.486 e. The summed E-state index contributed by atoms with van der Waals surface area (Å²) >= 11 is 0. The minimum absolute atomic E-state index is 0.446.